The quantitative estimate of drug-likeness (QED) is 0.870. The first-order valence-electron chi connectivity index (χ1n) is 8.12. The van der Waals surface area contributed by atoms with Crippen LogP contribution < -0.4 is 4.90 Å². The highest BCUT2D eigenvalue weighted by Crippen LogP contribution is 2.31. The second-order valence-corrected chi connectivity index (χ2v) is 6.64. The van der Waals surface area contributed by atoms with Crippen LogP contribution >= 0.6 is 11.6 Å². The number of halogens is 1. The Kier molecular flexibility index (Phi) is 5.24. The van der Waals surface area contributed by atoms with E-state index in [1.165, 1.54) is 0 Å². The molecule has 2 aliphatic rings. The number of carbonyl (C=O) groups excluding carboxylic acids is 2. The monoisotopic (exact) mass is 366 g/mol. The summed E-state index contributed by atoms with van der Waals surface area (Å²) in [4.78, 5) is 39.1. The molecule has 0 bridgehead atoms. The number of carboxylic acids is 1. The van der Waals surface area contributed by atoms with Crippen molar-refractivity contribution in [2.45, 2.75) is 18.9 Å². The van der Waals surface area contributed by atoms with Gasteiger partial charge < -0.3 is 19.6 Å². The summed E-state index contributed by atoms with van der Waals surface area (Å²) in [6, 6.07) is 7.04. The van der Waals surface area contributed by atoms with Gasteiger partial charge in [0.2, 0.25) is 11.8 Å². The number of anilines is 1. The molecule has 2 saturated heterocycles. The third-order valence-electron chi connectivity index (χ3n) is 4.47. The molecule has 0 unspecified atom stereocenters. The van der Waals surface area contributed by atoms with Crippen molar-refractivity contribution in [3.05, 3.63) is 29.3 Å². The fourth-order valence-corrected chi connectivity index (χ4v) is 3.51. The van der Waals surface area contributed by atoms with E-state index in [2.05, 4.69) is 0 Å². The molecule has 25 heavy (non-hydrogen) atoms. The third-order valence-corrected chi connectivity index (χ3v) is 4.79. The molecule has 2 aliphatic heterocycles. The minimum absolute atomic E-state index is 0.130. The summed E-state index contributed by atoms with van der Waals surface area (Å²) in [5.74, 6) is -1.68. The number of benzene rings is 1. The molecule has 1 aromatic carbocycles. The Morgan fingerprint density at radius 2 is 2.04 bits per heavy atom. The van der Waals surface area contributed by atoms with Gasteiger partial charge in [0.1, 0.15) is 0 Å². The highest BCUT2D eigenvalue weighted by Gasteiger charge is 2.39. The molecule has 2 atom stereocenters. The molecule has 8 heteroatoms. The Hall–Kier alpha value is -2.12. The van der Waals surface area contributed by atoms with Gasteiger partial charge in [-0.2, -0.15) is 0 Å². The Morgan fingerprint density at radius 1 is 1.28 bits per heavy atom. The summed E-state index contributed by atoms with van der Waals surface area (Å²) in [5.41, 5.74) is 0.607. The number of carboxylic acid groups (broad SMARTS) is 1. The number of hydrogen-bond acceptors (Lipinski definition) is 4. The number of nitrogens with zero attached hydrogens (tertiary/aromatic N) is 2. The van der Waals surface area contributed by atoms with Crippen molar-refractivity contribution in [2.24, 2.45) is 5.92 Å². The summed E-state index contributed by atoms with van der Waals surface area (Å²) in [6.45, 7) is 1.23. The van der Waals surface area contributed by atoms with Crippen LogP contribution in [0, 0.1) is 5.92 Å². The van der Waals surface area contributed by atoms with Crippen LogP contribution in [0.15, 0.2) is 24.3 Å². The Labute approximate surface area is 150 Å². The van der Waals surface area contributed by atoms with Gasteiger partial charge in [-0.1, -0.05) is 23.7 Å². The SMILES string of the molecule is O=C(O)C[C@H]1CN(C(=O)[C@@H]2CC(=O)N(c3ccccc3Cl)C2)CCO1. The molecule has 2 amide bonds. The van der Waals surface area contributed by atoms with Gasteiger partial charge in [-0.05, 0) is 12.1 Å². The van der Waals surface area contributed by atoms with Crippen molar-refractivity contribution in [1.29, 1.82) is 0 Å². The molecule has 0 radical (unpaired) electrons. The fraction of sp³-hybridized carbons (Fsp3) is 0.471. The molecule has 2 fully saturated rings. The highest BCUT2D eigenvalue weighted by molar-refractivity contribution is 6.33. The topological polar surface area (TPSA) is 87.2 Å². The minimum Gasteiger partial charge on any atom is -0.481 e. The maximum atomic E-state index is 12.8. The summed E-state index contributed by atoms with van der Waals surface area (Å²) < 4.78 is 5.39. The average molecular weight is 367 g/mol. The van der Waals surface area contributed by atoms with E-state index in [1.807, 2.05) is 0 Å². The lowest BCUT2D eigenvalue weighted by molar-refractivity contribution is -0.149. The number of ether oxygens (including phenoxy) is 1. The maximum absolute atomic E-state index is 12.8. The standard InChI is InChI=1S/C17H19ClN2O5/c18-13-3-1-2-4-14(13)20-9-11(7-15(20)21)17(24)19-5-6-25-12(10-19)8-16(22)23/h1-4,11-12H,5-10H2,(H,22,23)/t11-,12+/m1/s1. The first-order chi connectivity index (χ1) is 12.0. The zero-order valence-electron chi connectivity index (χ0n) is 13.6. The van der Waals surface area contributed by atoms with Crippen molar-refractivity contribution in [3.63, 3.8) is 0 Å². The number of aliphatic carboxylic acids is 1. The Morgan fingerprint density at radius 3 is 2.76 bits per heavy atom. The highest BCUT2D eigenvalue weighted by atomic mass is 35.5. The van der Waals surface area contributed by atoms with E-state index in [9.17, 15) is 14.4 Å². The molecule has 7 nitrogen and oxygen atoms in total. The van der Waals surface area contributed by atoms with Crippen LogP contribution in [0.3, 0.4) is 0 Å². The van der Waals surface area contributed by atoms with Crippen LogP contribution in [0.4, 0.5) is 5.69 Å². The first-order valence-corrected chi connectivity index (χ1v) is 8.50. The van der Waals surface area contributed by atoms with Crippen LogP contribution in [0.1, 0.15) is 12.8 Å². The first kappa shape index (κ1) is 17.7. The summed E-state index contributed by atoms with van der Waals surface area (Å²) >= 11 is 6.15. The maximum Gasteiger partial charge on any atom is 0.306 e. The van der Waals surface area contributed by atoms with Gasteiger partial charge in [0, 0.05) is 26.1 Å². The lowest BCUT2D eigenvalue weighted by Gasteiger charge is -2.33. The second kappa shape index (κ2) is 7.41. The van der Waals surface area contributed by atoms with Crippen molar-refractivity contribution < 1.29 is 24.2 Å². The summed E-state index contributed by atoms with van der Waals surface area (Å²) in [6.07, 6.45) is -0.517. The fourth-order valence-electron chi connectivity index (χ4n) is 3.27. The number of para-hydroxylation sites is 1. The van der Waals surface area contributed by atoms with E-state index in [0.29, 0.717) is 23.9 Å². The lowest BCUT2D eigenvalue weighted by atomic mass is 10.1. The predicted molar refractivity (Wildman–Crippen MR) is 90.5 cm³/mol. The van der Waals surface area contributed by atoms with E-state index in [0.717, 1.165) is 0 Å². The van der Waals surface area contributed by atoms with Gasteiger partial charge in [-0.25, -0.2) is 0 Å². The van der Waals surface area contributed by atoms with E-state index < -0.39 is 18.0 Å². The Balaban J connectivity index is 1.66. The van der Waals surface area contributed by atoms with Crippen molar-refractivity contribution in [3.8, 4) is 0 Å². The van der Waals surface area contributed by atoms with Gasteiger partial charge in [-0.3, -0.25) is 14.4 Å². The van der Waals surface area contributed by atoms with Crippen LogP contribution in [0.2, 0.25) is 5.02 Å². The van der Waals surface area contributed by atoms with Gasteiger partial charge >= 0.3 is 5.97 Å². The molecular weight excluding hydrogens is 348 g/mol. The lowest BCUT2D eigenvalue weighted by Crippen LogP contribution is -2.48. The van der Waals surface area contributed by atoms with E-state index in [-0.39, 0.29) is 37.7 Å². The van der Waals surface area contributed by atoms with E-state index in [1.54, 1.807) is 34.1 Å². The molecule has 1 aromatic rings. The predicted octanol–water partition coefficient (Wildman–Crippen LogP) is 1.39. The number of hydrogen-bond donors (Lipinski definition) is 1. The average Bonchev–Trinajstić information content (AvgIpc) is 2.96. The van der Waals surface area contributed by atoms with Gasteiger partial charge in [-0.15, -0.1) is 0 Å². The van der Waals surface area contributed by atoms with E-state index in [4.69, 9.17) is 21.4 Å². The van der Waals surface area contributed by atoms with Crippen LogP contribution in [0.25, 0.3) is 0 Å². The third kappa shape index (κ3) is 3.93. The zero-order chi connectivity index (χ0) is 18.0. The number of carbonyl (C=O) groups is 3. The van der Waals surface area contributed by atoms with Crippen molar-refractivity contribution in [2.75, 3.05) is 31.1 Å². The number of morpholine rings is 1. The van der Waals surface area contributed by atoms with Gasteiger partial charge in [0.25, 0.3) is 0 Å². The van der Waals surface area contributed by atoms with Crippen LogP contribution in [-0.2, 0) is 19.1 Å². The normalized spacial score (nSPS) is 23.8. The molecule has 2 heterocycles. The molecule has 0 saturated carbocycles. The molecule has 1 N–H and O–H groups in total. The molecular formula is C17H19ClN2O5. The minimum atomic E-state index is -0.958. The largest absolute Gasteiger partial charge is 0.481 e. The van der Waals surface area contributed by atoms with Crippen molar-refractivity contribution >= 4 is 35.1 Å². The molecule has 0 aliphatic carbocycles. The number of amides is 2. The summed E-state index contributed by atoms with van der Waals surface area (Å²) in [5, 5.41) is 9.35. The Bertz CT molecular complexity index is 695. The van der Waals surface area contributed by atoms with Crippen molar-refractivity contribution in [1.82, 2.24) is 4.90 Å². The van der Waals surface area contributed by atoms with E-state index >= 15 is 0 Å². The van der Waals surface area contributed by atoms with Gasteiger partial charge in [0.15, 0.2) is 0 Å². The van der Waals surface area contributed by atoms with Crippen LogP contribution in [-0.4, -0.2) is 60.1 Å². The van der Waals surface area contributed by atoms with Gasteiger partial charge in [0.05, 0.1) is 35.8 Å². The zero-order valence-corrected chi connectivity index (χ0v) is 14.3. The second-order valence-electron chi connectivity index (χ2n) is 6.23. The molecule has 3 rings (SSSR count). The van der Waals surface area contributed by atoms with Crippen LogP contribution in [0.5, 0.6) is 0 Å². The number of rotatable bonds is 4. The smallest absolute Gasteiger partial charge is 0.306 e. The molecule has 134 valence electrons. The summed E-state index contributed by atoms with van der Waals surface area (Å²) in [7, 11) is 0. The molecule has 0 aromatic heterocycles. The molecule has 0 spiro atoms.